The van der Waals surface area contributed by atoms with Crippen LogP contribution in [0.4, 0.5) is 11.4 Å². The summed E-state index contributed by atoms with van der Waals surface area (Å²) in [5.41, 5.74) is 29.6. The Hall–Kier alpha value is -5.00. The van der Waals surface area contributed by atoms with Crippen molar-refractivity contribution in [2.24, 2.45) is 0 Å². The molecular weight excluding hydrogens is 658 g/mol. The van der Waals surface area contributed by atoms with Gasteiger partial charge in [0.25, 0.3) is 0 Å². The second-order valence-corrected chi connectivity index (χ2v) is 14.0. The molecule has 0 unspecified atom stereocenters. The average Bonchev–Trinajstić information content (AvgIpc) is 3.18. The Morgan fingerprint density at radius 1 is 0.404 bits per heavy atom. The van der Waals surface area contributed by atoms with Crippen LogP contribution >= 0.6 is 12.4 Å². The number of nitrogen functional groups attached to an aromatic ring is 2. The molecule has 0 radical (unpaired) electrons. The summed E-state index contributed by atoms with van der Waals surface area (Å²) in [6.07, 6.45) is 14.4. The van der Waals surface area contributed by atoms with Crippen molar-refractivity contribution in [2.75, 3.05) is 11.5 Å². The number of rotatable bonds is 3. The normalized spacial score (nSPS) is 14.1. The summed E-state index contributed by atoms with van der Waals surface area (Å²) in [4.78, 5) is 14.4. The van der Waals surface area contributed by atoms with E-state index in [-0.39, 0.29) is 12.4 Å². The van der Waals surface area contributed by atoms with Crippen molar-refractivity contribution in [2.45, 2.75) is 84.0 Å². The first-order valence-corrected chi connectivity index (χ1v) is 18.8. The molecule has 0 saturated carbocycles. The van der Waals surface area contributed by atoms with Crippen LogP contribution in [0.3, 0.4) is 0 Å². The number of nitrogens with two attached hydrogens (primary N) is 2. The van der Waals surface area contributed by atoms with Gasteiger partial charge in [0, 0.05) is 33.8 Å². The Morgan fingerprint density at radius 3 is 1.10 bits per heavy atom. The molecular formula is C46H50ClN5. The molecule has 3 aliphatic carbocycles. The second-order valence-electron chi connectivity index (χ2n) is 14.0. The van der Waals surface area contributed by atoms with Crippen LogP contribution in [0.1, 0.15) is 77.9 Å². The lowest BCUT2D eigenvalue weighted by Crippen LogP contribution is -2.08. The molecule has 6 aromatic rings. The van der Waals surface area contributed by atoms with Gasteiger partial charge >= 0.3 is 0 Å². The van der Waals surface area contributed by atoms with Gasteiger partial charge in [-0.25, -0.2) is 0 Å². The number of aromatic nitrogens is 3. The lowest BCUT2D eigenvalue weighted by molar-refractivity contribution is 0.667. The summed E-state index contributed by atoms with van der Waals surface area (Å²) in [6.45, 7) is 2.17. The molecule has 0 aliphatic heterocycles. The van der Waals surface area contributed by atoms with E-state index >= 15 is 0 Å². The van der Waals surface area contributed by atoms with Crippen LogP contribution in [0.5, 0.6) is 0 Å². The fraction of sp³-hybridized carbons (Fsp3) is 0.283. The Bertz CT molecular complexity index is 1840. The van der Waals surface area contributed by atoms with Gasteiger partial charge in [-0.1, -0.05) is 97.1 Å². The van der Waals surface area contributed by atoms with Gasteiger partial charge in [-0.05, 0) is 118 Å². The van der Waals surface area contributed by atoms with Crippen molar-refractivity contribution in [3.63, 3.8) is 0 Å². The maximum absolute atomic E-state index is 6.11. The molecule has 0 bridgehead atoms. The van der Waals surface area contributed by atoms with Crippen LogP contribution in [0.15, 0.2) is 109 Å². The van der Waals surface area contributed by atoms with Crippen LogP contribution in [-0.4, -0.2) is 15.0 Å². The molecule has 266 valence electrons. The molecule has 4 N–H and O–H groups in total. The first kappa shape index (κ1) is 36.8. The third kappa shape index (κ3) is 8.71. The van der Waals surface area contributed by atoms with Crippen LogP contribution in [-0.2, 0) is 38.5 Å². The molecule has 3 aromatic carbocycles. The van der Waals surface area contributed by atoms with Gasteiger partial charge in [0.05, 0.1) is 28.5 Å². The Labute approximate surface area is 315 Å². The predicted molar refractivity (Wildman–Crippen MR) is 220 cm³/mol. The molecule has 0 atom stereocenters. The minimum atomic E-state index is 0. The van der Waals surface area contributed by atoms with E-state index in [0.717, 1.165) is 71.7 Å². The van der Waals surface area contributed by atoms with E-state index in [0.29, 0.717) is 0 Å². The van der Waals surface area contributed by atoms with E-state index in [1.807, 2.05) is 36.4 Å². The maximum Gasteiger partial charge on any atom is 0.0934 e. The van der Waals surface area contributed by atoms with E-state index in [4.69, 9.17) is 26.4 Å². The SMILES string of the molecule is Cc1cc2c(nc1-c1ccccc1)CCCC2.Cl.Nc1cc2c(nc1-c1ccccc1)CCCC2.Nc1cc2c(nc1-c1ccccc1)CCCC2. The van der Waals surface area contributed by atoms with Gasteiger partial charge in [-0.15, -0.1) is 12.4 Å². The van der Waals surface area contributed by atoms with Crippen LogP contribution < -0.4 is 11.5 Å². The van der Waals surface area contributed by atoms with Crippen molar-refractivity contribution in [3.8, 4) is 33.8 Å². The fourth-order valence-electron chi connectivity index (χ4n) is 7.59. The number of aryl methyl sites for hydroxylation is 7. The highest BCUT2D eigenvalue weighted by Gasteiger charge is 2.17. The number of halogens is 1. The Balaban J connectivity index is 0.000000133. The molecule has 0 spiro atoms. The lowest BCUT2D eigenvalue weighted by Gasteiger charge is -2.17. The molecule has 3 aliphatic rings. The van der Waals surface area contributed by atoms with Crippen molar-refractivity contribution in [1.29, 1.82) is 0 Å². The first-order chi connectivity index (χ1) is 25.0. The van der Waals surface area contributed by atoms with Crippen molar-refractivity contribution >= 4 is 23.8 Å². The van der Waals surface area contributed by atoms with Crippen molar-refractivity contribution in [3.05, 3.63) is 149 Å². The summed E-state index contributed by atoms with van der Waals surface area (Å²) in [5, 5.41) is 0. The van der Waals surface area contributed by atoms with E-state index in [1.54, 1.807) is 0 Å². The zero-order chi connectivity index (χ0) is 35.0. The summed E-state index contributed by atoms with van der Waals surface area (Å²) >= 11 is 0. The molecule has 0 fully saturated rings. The number of nitrogens with zero attached hydrogens (tertiary/aromatic N) is 3. The third-order valence-corrected chi connectivity index (χ3v) is 10.3. The largest absolute Gasteiger partial charge is 0.397 e. The molecule has 5 nitrogen and oxygen atoms in total. The summed E-state index contributed by atoms with van der Waals surface area (Å²) < 4.78 is 0. The fourth-order valence-corrected chi connectivity index (χ4v) is 7.59. The first-order valence-electron chi connectivity index (χ1n) is 18.8. The summed E-state index contributed by atoms with van der Waals surface area (Å²) in [6, 6.07) is 37.4. The molecule has 0 amide bonds. The zero-order valence-corrected chi connectivity index (χ0v) is 31.1. The maximum atomic E-state index is 6.11. The number of hydrogen-bond donors (Lipinski definition) is 2. The molecule has 52 heavy (non-hydrogen) atoms. The predicted octanol–water partition coefficient (Wildman–Crippen LogP) is 10.8. The second kappa shape index (κ2) is 17.5. The van der Waals surface area contributed by atoms with Crippen molar-refractivity contribution in [1.82, 2.24) is 15.0 Å². The summed E-state index contributed by atoms with van der Waals surface area (Å²) in [5.74, 6) is 0. The highest BCUT2D eigenvalue weighted by Crippen LogP contribution is 2.31. The number of benzene rings is 3. The Kier molecular flexibility index (Phi) is 12.4. The minimum Gasteiger partial charge on any atom is -0.397 e. The van der Waals surface area contributed by atoms with Gasteiger partial charge in [0.1, 0.15) is 0 Å². The van der Waals surface area contributed by atoms with Gasteiger partial charge in [0.15, 0.2) is 0 Å². The zero-order valence-electron chi connectivity index (χ0n) is 30.3. The molecule has 6 heteroatoms. The molecule has 3 heterocycles. The molecule has 9 rings (SSSR count). The van der Waals surface area contributed by atoms with Crippen LogP contribution in [0, 0.1) is 6.92 Å². The smallest absolute Gasteiger partial charge is 0.0934 e. The van der Waals surface area contributed by atoms with E-state index < -0.39 is 0 Å². The van der Waals surface area contributed by atoms with Gasteiger partial charge in [-0.2, -0.15) is 0 Å². The van der Waals surface area contributed by atoms with E-state index in [2.05, 4.69) is 79.7 Å². The monoisotopic (exact) mass is 707 g/mol. The molecule has 0 saturated heterocycles. The number of hydrogen-bond acceptors (Lipinski definition) is 5. The van der Waals surface area contributed by atoms with E-state index in [1.165, 1.54) is 89.8 Å². The van der Waals surface area contributed by atoms with Gasteiger partial charge < -0.3 is 11.5 Å². The topological polar surface area (TPSA) is 90.7 Å². The number of fused-ring (bicyclic) bond motifs is 3. The number of pyridine rings is 3. The summed E-state index contributed by atoms with van der Waals surface area (Å²) in [7, 11) is 0. The van der Waals surface area contributed by atoms with Crippen LogP contribution in [0.25, 0.3) is 33.8 Å². The quantitative estimate of drug-likeness (QED) is 0.191. The lowest BCUT2D eigenvalue weighted by atomic mass is 9.93. The van der Waals surface area contributed by atoms with E-state index in [9.17, 15) is 0 Å². The van der Waals surface area contributed by atoms with Crippen molar-refractivity contribution < 1.29 is 0 Å². The third-order valence-electron chi connectivity index (χ3n) is 10.3. The number of anilines is 2. The standard InChI is InChI=1S/C16H17N.2C15H16N2.ClH/c1-12-11-14-9-5-6-10-15(14)17-16(12)13-7-3-2-4-8-13;2*16-13-10-12-8-4-5-9-14(12)17-15(13)11-6-2-1-3-7-11;/h2-4,7-8,11H,5-6,9-10H2,1H3;2*1-3,6-7,10H,4-5,8-9,16H2;1H. The van der Waals surface area contributed by atoms with Gasteiger partial charge in [0.2, 0.25) is 0 Å². The minimum absolute atomic E-state index is 0. The average molecular weight is 708 g/mol. The Morgan fingerprint density at radius 2 is 0.712 bits per heavy atom. The van der Waals surface area contributed by atoms with Gasteiger partial charge in [-0.3, -0.25) is 15.0 Å². The highest BCUT2D eigenvalue weighted by atomic mass is 35.5. The molecule has 3 aromatic heterocycles. The van der Waals surface area contributed by atoms with Crippen LogP contribution in [0.2, 0.25) is 0 Å². The highest BCUT2D eigenvalue weighted by molar-refractivity contribution is 5.85.